The third kappa shape index (κ3) is 3.86. The highest BCUT2D eigenvalue weighted by Gasteiger charge is 2.12. The number of carbonyl (C=O) groups excluding carboxylic acids is 1. The van der Waals surface area contributed by atoms with E-state index < -0.39 is 0 Å². The Morgan fingerprint density at radius 3 is 2.20 bits per heavy atom. The number of rotatable bonds is 4. The van der Waals surface area contributed by atoms with E-state index in [1.54, 1.807) is 0 Å². The summed E-state index contributed by atoms with van der Waals surface area (Å²) in [4.78, 5) is 10.2. The summed E-state index contributed by atoms with van der Waals surface area (Å²) < 4.78 is 0. The zero-order valence-electron chi connectivity index (χ0n) is 9.92. The number of unbranched alkanes of at least 4 members (excludes halogenated alkanes) is 1. The van der Waals surface area contributed by atoms with Gasteiger partial charge in [-0.3, -0.25) is 0 Å². The van der Waals surface area contributed by atoms with Gasteiger partial charge in [-0.15, -0.1) is 0 Å². The first-order valence-corrected chi connectivity index (χ1v) is 5.57. The molecule has 0 aliphatic heterocycles. The summed E-state index contributed by atoms with van der Waals surface area (Å²) in [6.45, 7) is 6.65. The van der Waals surface area contributed by atoms with Crippen molar-refractivity contribution in [2.45, 2.75) is 45.4 Å². The number of hydrogen-bond acceptors (Lipinski definition) is 1. The Kier molecular flexibility index (Phi) is 4.07. The molecule has 0 radical (unpaired) electrons. The van der Waals surface area contributed by atoms with Crippen molar-refractivity contribution >= 4 is 6.29 Å². The van der Waals surface area contributed by atoms with Gasteiger partial charge in [0.25, 0.3) is 0 Å². The van der Waals surface area contributed by atoms with Crippen molar-refractivity contribution in [2.24, 2.45) is 0 Å². The molecule has 0 heterocycles. The lowest BCUT2D eigenvalue weighted by Gasteiger charge is -2.19. The number of aldehydes is 1. The van der Waals surface area contributed by atoms with Crippen LogP contribution < -0.4 is 0 Å². The molecule has 1 heteroatoms. The fourth-order valence-corrected chi connectivity index (χ4v) is 1.56. The standard InChI is InChI=1S/C14H20O/c1-14(2,3)13-9-7-12(8-10-13)6-4-5-11-15/h7-11H,4-6H2,1-3H3. The average Bonchev–Trinajstić information content (AvgIpc) is 2.18. The third-order valence-corrected chi connectivity index (χ3v) is 2.61. The Hall–Kier alpha value is -1.11. The van der Waals surface area contributed by atoms with Gasteiger partial charge in [0.05, 0.1) is 0 Å². The van der Waals surface area contributed by atoms with Crippen molar-refractivity contribution in [3.8, 4) is 0 Å². The lowest BCUT2D eigenvalue weighted by atomic mass is 9.86. The maximum atomic E-state index is 10.2. The van der Waals surface area contributed by atoms with Gasteiger partial charge in [-0.2, -0.15) is 0 Å². The van der Waals surface area contributed by atoms with Crippen LogP contribution in [0.4, 0.5) is 0 Å². The highest BCUT2D eigenvalue weighted by atomic mass is 16.1. The molecule has 0 saturated heterocycles. The van der Waals surface area contributed by atoms with Crippen molar-refractivity contribution in [2.75, 3.05) is 0 Å². The van der Waals surface area contributed by atoms with Crippen LogP contribution in [0.25, 0.3) is 0 Å². The van der Waals surface area contributed by atoms with Crippen LogP contribution >= 0.6 is 0 Å². The lowest BCUT2D eigenvalue weighted by molar-refractivity contribution is -0.107. The Balaban J connectivity index is 2.60. The smallest absolute Gasteiger partial charge is 0.120 e. The summed E-state index contributed by atoms with van der Waals surface area (Å²) in [5.41, 5.74) is 2.91. The molecule has 1 nitrogen and oxygen atoms in total. The number of carbonyl (C=O) groups is 1. The molecule has 82 valence electrons. The minimum atomic E-state index is 0.224. The molecule has 15 heavy (non-hydrogen) atoms. The topological polar surface area (TPSA) is 17.1 Å². The molecule has 0 aliphatic carbocycles. The molecule has 0 atom stereocenters. The second-order valence-corrected chi connectivity index (χ2v) is 5.01. The molecule has 0 spiro atoms. The van der Waals surface area contributed by atoms with E-state index in [9.17, 15) is 4.79 Å². The summed E-state index contributed by atoms with van der Waals surface area (Å²) in [6, 6.07) is 8.73. The van der Waals surface area contributed by atoms with Crippen molar-refractivity contribution in [1.29, 1.82) is 0 Å². The second-order valence-electron chi connectivity index (χ2n) is 5.01. The molecule has 0 amide bonds. The molecule has 1 aromatic rings. The van der Waals surface area contributed by atoms with E-state index in [1.165, 1.54) is 11.1 Å². The summed E-state index contributed by atoms with van der Waals surface area (Å²) in [5, 5.41) is 0. The molecular formula is C14H20O. The zero-order chi connectivity index (χ0) is 11.3. The minimum absolute atomic E-state index is 0.224. The van der Waals surface area contributed by atoms with E-state index in [-0.39, 0.29) is 5.41 Å². The van der Waals surface area contributed by atoms with Gasteiger partial charge in [-0.25, -0.2) is 0 Å². The molecule has 1 aromatic carbocycles. The van der Waals surface area contributed by atoms with Crippen LogP contribution in [0.2, 0.25) is 0 Å². The van der Waals surface area contributed by atoms with E-state index >= 15 is 0 Å². The molecule has 0 bridgehead atoms. The van der Waals surface area contributed by atoms with Crippen LogP contribution in [0, 0.1) is 0 Å². The maximum absolute atomic E-state index is 10.2. The van der Waals surface area contributed by atoms with Gasteiger partial charge in [0.2, 0.25) is 0 Å². The van der Waals surface area contributed by atoms with E-state index in [0.717, 1.165) is 19.1 Å². The highest BCUT2D eigenvalue weighted by Crippen LogP contribution is 2.22. The molecule has 0 aliphatic rings. The van der Waals surface area contributed by atoms with Gasteiger partial charge in [0, 0.05) is 6.42 Å². The van der Waals surface area contributed by atoms with Gasteiger partial charge in [0.1, 0.15) is 6.29 Å². The second kappa shape index (κ2) is 5.11. The van der Waals surface area contributed by atoms with Gasteiger partial charge in [-0.05, 0) is 29.4 Å². The first kappa shape index (κ1) is 12.0. The predicted octanol–water partition coefficient (Wildman–Crippen LogP) is 3.51. The van der Waals surface area contributed by atoms with Crippen molar-refractivity contribution in [3.63, 3.8) is 0 Å². The Morgan fingerprint density at radius 1 is 1.13 bits per heavy atom. The fraction of sp³-hybridized carbons (Fsp3) is 0.500. The number of aryl methyl sites for hydroxylation is 1. The quantitative estimate of drug-likeness (QED) is 0.542. The number of benzene rings is 1. The summed E-state index contributed by atoms with van der Waals surface area (Å²) in [6.07, 6.45) is 3.62. The van der Waals surface area contributed by atoms with Crippen molar-refractivity contribution < 1.29 is 4.79 Å². The van der Waals surface area contributed by atoms with Crippen LogP contribution in [0.1, 0.15) is 44.7 Å². The monoisotopic (exact) mass is 204 g/mol. The Morgan fingerprint density at radius 2 is 1.73 bits per heavy atom. The molecule has 1 rings (SSSR count). The predicted molar refractivity (Wildman–Crippen MR) is 64.1 cm³/mol. The fourth-order valence-electron chi connectivity index (χ4n) is 1.56. The summed E-state index contributed by atoms with van der Waals surface area (Å²) in [5.74, 6) is 0. The van der Waals surface area contributed by atoms with Crippen molar-refractivity contribution in [3.05, 3.63) is 35.4 Å². The van der Waals surface area contributed by atoms with E-state index in [2.05, 4.69) is 45.0 Å². The highest BCUT2D eigenvalue weighted by molar-refractivity contribution is 5.49. The first-order chi connectivity index (χ1) is 7.04. The minimum Gasteiger partial charge on any atom is -0.303 e. The van der Waals surface area contributed by atoms with Crippen LogP contribution in [0.5, 0.6) is 0 Å². The SMILES string of the molecule is CC(C)(C)c1ccc(CCCC=O)cc1. The summed E-state index contributed by atoms with van der Waals surface area (Å²) in [7, 11) is 0. The van der Waals surface area contributed by atoms with Gasteiger partial charge in [0.15, 0.2) is 0 Å². The Bertz CT molecular complexity index is 303. The molecule has 0 saturated carbocycles. The maximum Gasteiger partial charge on any atom is 0.120 e. The Labute approximate surface area is 92.5 Å². The van der Waals surface area contributed by atoms with Gasteiger partial charge >= 0.3 is 0 Å². The van der Waals surface area contributed by atoms with E-state index in [0.29, 0.717) is 6.42 Å². The lowest BCUT2D eigenvalue weighted by Crippen LogP contribution is -2.10. The van der Waals surface area contributed by atoms with Crippen LogP contribution in [0.15, 0.2) is 24.3 Å². The van der Waals surface area contributed by atoms with E-state index in [4.69, 9.17) is 0 Å². The van der Waals surface area contributed by atoms with Crippen LogP contribution in [-0.2, 0) is 16.6 Å². The molecular weight excluding hydrogens is 184 g/mol. The zero-order valence-corrected chi connectivity index (χ0v) is 9.92. The van der Waals surface area contributed by atoms with Gasteiger partial charge < -0.3 is 4.79 Å². The first-order valence-electron chi connectivity index (χ1n) is 5.57. The van der Waals surface area contributed by atoms with Crippen LogP contribution in [0.3, 0.4) is 0 Å². The molecule has 0 unspecified atom stereocenters. The van der Waals surface area contributed by atoms with E-state index in [1.807, 2.05) is 0 Å². The number of hydrogen-bond donors (Lipinski definition) is 0. The van der Waals surface area contributed by atoms with Crippen LogP contribution in [-0.4, -0.2) is 6.29 Å². The summed E-state index contributed by atoms with van der Waals surface area (Å²) >= 11 is 0. The van der Waals surface area contributed by atoms with Crippen molar-refractivity contribution in [1.82, 2.24) is 0 Å². The normalized spacial score (nSPS) is 11.4. The molecule has 0 fully saturated rings. The molecule has 0 aromatic heterocycles. The largest absolute Gasteiger partial charge is 0.303 e. The molecule has 0 N–H and O–H groups in total. The van der Waals surface area contributed by atoms with Gasteiger partial charge in [-0.1, -0.05) is 45.0 Å². The average molecular weight is 204 g/mol. The third-order valence-electron chi connectivity index (χ3n) is 2.61.